The molecule has 4 heteroatoms. The first-order valence-corrected chi connectivity index (χ1v) is 7.00. The van der Waals surface area contributed by atoms with Crippen LogP contribution < -0.4 is 10.1 Å². The molecule has 20 heavy (non-hydrogen) atoms. The Labute approximate surface area is 120 Å². The minimum atomic E-state index is -0.103. The van der Waals surface area contributed by atoms with Gasteiger partial charge in [-0.25, -0.2) is 0 Å². The zero-order valence-corrected chi connectivity index (χ0v) is 12.2. The van der Waals surface area contributed by atoms with Crippen LogP contribution in [0.3, 0.4) is 0 Å². The zero-order chi connectivity index (χ0) is 14.8. The highest BCUT2D eigenvalue weighted by atomic mass is 16.5. The van der Waals surface area contributed by atoms with Gasteiger partial charge in [0.25, 0.3) is 0 Å². The second-order valence-corrected chi connectivity index (χ2v) is 4.62. The van der Waals surface area contributed by atoms with Crippen LogP contribution in [0.25, 0.3) is 6.08 Å². The number of nitrogens with one attached hydrogen (secondary N) is 1. The van der Waals surface area contributed by atoms with E-state index in [1.54, 1.807) is 24.3 Å². The van der Waals surface area contributed by atoms with Gasteiger partial charge in [-0.1, -0.05) is 32.3 Å². The lowest BCUT2D eigenvalue weighted by atomic mass is 10.2. The molecule has 4 nitrogen and oxygen atoms in total. The lowest BCUT2D eigenvalue weighted by molar-refractivity contribution is -0.116. The highest BCUT2D eigenvalue weighted by molar-refractivity contribution is 5.91. The second-order valence-electron chi connectivity index (χ2n) is 4.62. The zero-order valence-electron chi connectivity index (χ0n) is 12.2. The van der Waals surface area contributed by atoms with Crippen LogP contribution in [0.5, 0.6) is 11.5 Å². The van der Waals surface area contributed by atoms with Crippen LogP contribution in [0.15, 0.2) is 24.3 Å². The largest absolute Gasteiger partial charge is 0.504 e. The highest BCUT2D eigenvalue weighted by Crippen LogP contribution is 2.26. The van der Waals surface area contributed by atoms with Crippen molar-refractivity contribution in [2.75, 3.05) is 13.7 Å². The van der Waals surface area contributed by atoms with E-state index >= 15 is 0 Å². The Morgan fingerprint density at radius 1 is 1.35 bits per heavy atom. The summed E-state index contributed by atoms with van der Waals surface area (Å²) in [5.74, 6) is 0.380. The van der Waals surface area contributed by atoms with Gasteiger partial charge in [0.05, 0.1) is 7.11 Å². The van der Waals surface area contributed by atoms with E-state index in [0.717, 1.165) is 18.4 Å². The molecule has 1 aromatic carbocycles. The average Bonchev–Trinajstić information content (AvgIpc) is 2.46. The van der Waals surface area contributed by atoms with Crippen LogP contribution in [0.1, 0.15) is 38.2 Å². The van der Waals surface area contributed by atoms with Crippen LogP contribution in [-0.2, 0) is 4.79 Å². The molecule has 0 aromatic heterocycles. The molecular weight excluding hydrogens is 254 g/mol. The molecule has 0 radical (unpaired) electrons. The minimum Gasteiger partial charge on any atom is -0.504 e. The Morgan fingerprint density at radius 3 is 2.85 bits per heavy atom. The fourth-order valence-electron chi connectivity index (χ4n) is 1.79. The Balaban J connectivity index is 2.41. The summed E-state index contributed by atoms with van der Waals surface area (Å²) in [5.41, 5.74) is 0.806. The molecule has 0 aliphatic carbocycles. The minimum absolute atomic E-state index is 0.0880. The van der Waals surface area contributed by atoms with E-state index in [2.05, 4.69) is 12.2 Å². The molecule has 2 N–H and O–H groups in total. The van der Waals surface area contributed by atoms with Crippen molar-refractivity contribution in [2.45, 2.75) is 32.6 Å². The maximum absolute atomic E-state index is 11.6. The van der Waals surface area contributed by atoms with E-state index in [9.17, 15) is 9.90 Å². The number of rotatable bonds is 8. The third kappa shape index (κ3) is 5.78. The fourth-order valence-corrected chi connectivity index (χ4v) is 1.79. The summed E-state index contributed by atoms with van der Waals surface area (Å²) in [4.78, 5) is 11.6. The maximum atomic E-state index is 11.6. The summed E-state index contributed by atoms with van der Waals surface area (Å²) >= 11 is 0. The number of phenolic OH excluding ortho intramolecular Hbond substituents is 1. The predicted octanol–water partition coefficient (Wildman–Crippen LogP) is 3.11. The number of benzene rings is 1. The molecule has 0 spiro atoms. The van der Waals surface area contributed by atoms with Crippen LogP contribution in [0.4, 0.5) is 0 Å². The van der Waals surface area contributed by atoms with Gasteiger partial charge in [0, 0.05) is 12.6 Å². The number of amides is 1. The van der Waals surface area contributed by atoms with Gasteiger partial charge in [-0.2, -0.15) is 0 Å². The Hall–Kier alpha value is -1.97. The first-order valence-electron chi connectivity index (χ1n) is 7.00. The monoisotopic (exact) mass is 277 g/mol. The number of aromatic hydroxyl groups is 1. The number of unbranched alkanes of at least 4 members (excludes halogenated alkanes) is 3. The predicted molar refractivity (Wildman–Crippen MR) is 80.8 cm³/mol. The van der Waals surface area contributed by atoms with E-state index in [0.29, 0.717) is 12.3 Å². The van der Waals surface area contributed by atoms with Crippen LogP contribution >= 0.6 is 0 Å². The molecule has 0 aliphatic heterocycles. The fraction of sp³-hybridized carbons (Fsp3) is 0.438. The number of carbonyl (C=O) groups is 1. The number of hydrogen-bond donors (Lipinski definition) is 2. The van der Waals surface area contributed by atoms with E-state index in [-0.39, 0.29) is 11.7 Å². The van der Waals surface area contributed by atoms with Gasteiger partial charge >= 0.3 is 0 Å². The van der Waals surface area contributed by atoms with Crippen LogP contribution in [-0.4, -0.2) is 24.7 Å². The number of ether oxygens (including phenoxy) is 1. The van der Waals surface area contributed by atoms with Crippen molar-refractivity contribution < 1.29 is 14.6 Å². The van der Waals surface area contributed by atoms with E-state index in [4.69, 9.17) is 4.74 Å². The van der Waals surface area contributed by atoms with Crippen LogP contribution in [0, 0.1) is 0 Å². The van der Waals surface area contributed by atoms with E-state index in [1.165, 1.54) is 26.0 Å². The van der Waals surface area contributed by atoms with Crippen molar-refractivity contribution in [3.05, 3.63) is 29.8 Å². The summed E-state index contributed by atoms with van der Waals surface area (Å²) in [7, 11) is 1.49. The van der Waals surface area contributed by atoms with Gasteiger partial charge in [-0.15, -0.1) is 0 Å². The van der Waals surface area contributed by atoms with Gasteiger partial charge in [0.2, 0.25) is 5.91 Å². The molecule has 110 valence electrons. The quantitative estimate of drug-likeness (QED) is 0.567. The van der Waals surface area contributed by atoms with Crippen molar-refractivity contribution in [2.24, 2.45) is 0 Å². The molecule has 0 aliphatic rings. The Morgan fingerprint density at radius 2 is 2.15 bits per heavy atom. The van der Waals surface area contributed by atoms with Gasteiger partial charge in [0.15, 0.2) is 11.5 Å². The third-order valence-corrected chi connectivity index (χ3v) is 2.96. The van der Waals surface area contributed by atoms with Gasteiger partial charge < -0.3 is 15.2 Å². The molecule has 1 rings (SSSR count). The summed E-state index contributed by atoms with van der Waals surface area (Å²) in [5, 5.41) is 12.3. The smallest absolute Gasteiger partial charge is 0.243 e. The molecule has 1 amide bonds. The summed E-state index contributed by atoms with van der Waals surface area (Å²) in [6.45, 7) is 2.87. The van der Waals surface area contributed by atoms with Gasteiger partial charge in [-0.05, 0) is 30.2 Å². The van der Waals surface area contributed by atoms with Crippen molar-refractivity contribution in [1.29, 1.82) is 0 Å². The third-order valence-electron chi connectivity index (χ3n) is 2.96. The molecular formula is C16H23NO3. The topological polar surface area (TPSA) is 58.6 Å². The normalized spacial score (nSPS) is 10.7. The van der Waals surface area contributed by atoms with Gasteiger partial charge in [0.1, 0.15) is 0 Å². The molecule has 1 aromatic rings. The SMILES string of the molecule is CCCCCCNC(=O)/C=C/c1ccc(O)c(OC)c1. The van der Waals surface area contributed by atoms with Gasteiger partial charge in [-0.3, -0.25) is 4.79 Å². The average molecular weight is 277 g/mol. The van der Waals surface area contributed by atoms with Crippen molar-refractivity contribution in [3.8, 4) is 11.5 Å². The second kappa shape index (κ2) is 9.02. The number of methoxy groups -OCH3 is 1. The molecule has 0 bridgehead atoms. The van der Waals surface area contributed by atoms with Crippen molar-refractivity contribution in [1.82, 2.24) is 5.32 Å². The molecule has 0 fully saturated rings. The van der Waals surface area contributed by atoms with Crippen molar-refractivity contribution >= 4 is 12.0 Å². The van der Waals surface area contributed by atoms with Crippen LogP contribution in [0.2, 0.25) is 0 Å². The number of carbonyl (C=O) groups excluding carboxylic acids is 1. The molecule has 0 atom stereocenters. The Bertz CT molecular complexity index is 455. The molecule has 0 saturated carbocycles. The summed E-state index contributed by atoms with van der Waals surface area (Å²) in [6, 6.07) is 4.95. The Kier molecular flexibility index (Phi) is 7.25. The summed E-state index contributed by atoms with van der Waals surface area (Å²) in [6.07, 6.45) is 7.75. The summed E-state index contributed by atoms with van der Waals surface area (Å²) < 4.78 is 5.01. The number of hydrogen-bond acceptors (Lipinski definition) is 3. The van der Waals surface area contributed by atoms with Crippen molar-refractivity contribution in [3.63, 3.8) is 0 Å². The molecule has 0 saturated heterocycles. The molecule has 0 unspecified atom stereocenters. The molecule has 0 heterocycles. The lowest BCUT2D eigenvalue weighted by Crippen LogP contribution is -2.21. The van der Waals surface area contributed by atoms with E-state index in [1.807, 2.05) is 0 Å². The van der Waals surface area contributed by atoms with E-state index < -0.39 is 0 Å². The highest BCUT2D eigenvalue weighted by Gasteiger charge is 2.01. The maximum Gasteiger partial charge on any atom is 0.243 e. The lowest BCUT2D eigenvalue weighted by Gasteiger charge is -2.04. The first kappa shape index (κ1) is 16.1. The standard InChI is InChI=1S/C16H23NO3/c1-3-4-5-6-11-17-16(19)10-8-13-7-9-14(18)15(12-13)20-2/h7-10,12,18H,3-6,11H2,1-2H3,(H,17,19)/b10-8+. The number of phenols is 1. The first-order chi connectivity index (χ1) is 9.67.